The summed E-state index contributed by atoms with van der Waals surface area (Å²) in [5.74, 6) is 0.191. The van der Waals surface area contributed by atoms with Crippen LogP contribution in [0.2, 0.25) is 0 Å². The number of halogens is 1. The van der Waals surface area contributed by atoms with E-state index >= 15 is 0 Å². The van der Waals surface area contributed by atoms with Gasteiger partial charge in [0, 0.05) is 52.5 Å². The lowest BCUT2D eigenvalue weighted by Crippen LogP contribution is -2.11. The Bertz CT molecular complexity index is 941. The predicted molar refractivity (Wildman–Crippen MR) is 103 cm³/mol. The van der Waals surface area contributed by atoms with Gasteiger partial charge in [-0.15, -0.1) is 12.4 Å². The maximum absolute atomic E-state index is 10.2. The Kier molecular flexibility index (Phi) is 5.22. The molecule has 3 aromatic rings. The third-order valence-electron chi connectivity index (χ3n) is 4.88. The van der Waals surface area contributed by atoms with Gasteiger partial charge in [-0.2, -0.15) is 0 Å². The highest BCUT2D eigenvalue weighted by molar-refractivity contribution is 5.87. The van der Waals surface area contributed by atoms with Crippen molar-refractivity contribution in [3.8, 4) is 17.0 Å². The number of aromatic hydroxyl groups is 1. The van der Waals surface area contributed by atoms with Gasteiger partial charge in [0.25, 0.3) is 0 Å². The van der Waals surface area contributed by atoms with Crippen molar-refractivity contribution in [3.63, 3.8) is 0 Å². The van der Waals surface area contributed by atoms with Crippen LogP contribution in [0.4, 0.5) is 0 Å². The summed E-state index contributed by atoms with van der Waals surface area (Å²) in [5, 5.41) is 33.3. The molecular weight excluding hydrogens is 354 g/mol. The average molecular weight is 376 g/mol. The first-order valence-electron chi connectivity index (χ1n) is 8.34. The molecule has 6 nitrogen and oxygen atoms in total. The Morgan fingerprint density at radius 2 is 2.00 bits per heavy atom. The van der Waals surface area contributed by atoms with Gasteiger partial charge in [0.05, 0.1) is 0 Å². The van der Waals surface area contributed by atoms with Crippen molar-refractivity contribution < 1.29 is 15.3 Å². The van der Waals surface area contributed by atoms with Crippen LogP contribution in [0.15, 0.2) is 36.4 Å². The Morgan fingerprint density at radius 3 is 2.77 bits per heavy atom. The van der Waals surface area contributed by atoms with Crippen molar-refractivity contribution in [1.29, 1.82) is 0 Å². The normalized spacial score (nSPS) is 17.1. The monoisotopic (exact) mass is 375 g/mol. The second-order valence-corrected chi connectivity index (χ2v) is 6.46. The van der Waals surface area contributed by atoms with Crippen molar-refractivity contribution in [2.24, 2.45) is 5.73 Å². The molecule has 26 heavy (non-hydrogen) atoms. The van der Waals surface area contributed by atoms with Crippen molar-refractivity contribution in [2.45, 2.75) is 25.2 Å². The number of aliphatic hydroxyl groups excluding tert-OH is 2. The van der Waals surface area contributed by atoms with Gasteiger partial charge in [0.1, 0.15) is 12.0 Å². The number of phenols is 1. The summed E-state index contributed by atoms with van der Waals surface area (Å²) >= 11 is 0. The van der Waals surface area contributed by atoms with Gasteiger partial charge in [-0.1, -0.05) is 6.07 Å². The zero-order valence-electron chi connectivity index (χ0n) is 14.1. The maximum Gasteiger partial charge on any atom is 0.132 e. The van der Waals surface area contributed by atoms with Crippen molar-refractivity contribution in [2.75, 3.05) is 6.61 Å². The molecule has 7 N–H and O–H groups in total. The van der Waals surface area contributed by atoms with Crippen LogP contribution in [-0.4, -0.2) is 26.9 Å². The minimum Gasteiger partial charge on any atom is -0.508 e. The Balaban J connectivity index is 0.00000196. The third-order valence-corrected chi connectivity index (χ3v) is 4.88. The largest absolute Gasteiger partial charge is 0.508 e. The fraction of sp³-hybridized carbons (Fsp3) is 0.263. The van der Waals surface area contributed by atoms with Gasteiger partial charge < -0.3 is 26.0 Å². The van der Waals surface area contributed by atoms with Gasteiger partial charge in [-0.05, 0) is 42.3 Å². The van der Waals surface area contributed by atoms with Gasteiger partial charge in [0.15, 0.2) is 0 Å². The first-order chi connectivity index (χ1) is 12.1. The lowest BCUT2D eigenvalue weighted by Gasteiger charge is -2.11. The van der Waals surface area contributed by atoms with Gasteiger partial charge >= 0.3 is 0 Å². The van der Waals surface area contributed by atoms with Crippen molar-refractivity contribution >= 4 is 23.3 Å². The van der Waals surface area contributed by atoms with E-state index in [1.165, 1.54) is 0 Å². The van der Waals surface area contributed by atoms with E-state index < -0.39 is 6.23 Å². The highest BCUT2D eigenvalue weighted by Crippen LogP contribution is 2.39. The molecule has 1 aliphatic heterocycles. The molecule has 2 aromatic carbocycles. The molecule has 0 fully saturated rings. The number of hydrogen-bond donors (Lipinski definition) is 6. The molecular formula is C19H22ClN3O3. The summed E-state index contributed by atoms with van der Waals surface area (Å²) < 4.78 is 0. The summed E-state index contributed by atoms with van der Waals surface area (Å²) in [6.45, 7) is 0.499. The Hall–Kier alpha value is -2.09. The number of aliphatic hydroxyl groups is 2. The number of phenolic OH excluding ortho intramolecular Hbond substituents is 1. The number of aromatic nitrogens is 1. The molecule has 4 rings (SSSR count). The summed E-state index contributed by atoms with van der Waals surface area (Å²) in [6, 6.07) is 11.2. The number of nitrogens with two attached hydrogens (primary N) is 1. The minimum atomic E-state index is -0.794. The molecule has 1 aliphatic rings. The van der Waals surface area contributed by atoms with Crippen molar-refractivity contribution in [1.82, 2.24) is 10.3 Å². The Morgan fingerprint density at radius 1 is 1.19 bits per heavy atom. The SMILES string of the molecule is Cl.NC(CCO)c1ccc2[nH]c(-c3ccc(O)c4c3C(O)NC4)cc2c1. The second-order valence-electron chi connectivity index (χ2n) is 6.46. The smallest absolute Gasteiger partial charge is 0.132 e. The van der Waals surface area contributed by atoms with Crippen molar-refractivity contribution in [3.05, 3.63) is 53.1 Å². The van der Waals surface area contributed by atoms with Crippen LogP contribution in [0.3, 0.4) is 0 Å². The van der Waals surface area contributed by atoms with Gasteiger partial charge in [-0.25, -0.2) is 0 Å². The van der Waals surface area contributed by atoms with E-state index in [4.69, 9.17) is 10.8 Å². The first-order valence-corrected chi connectivity index (χ1v) is 8.34. The van der Waals surface area contributed by atoms with Gasteiger partial charge in [0.2, 0.25) is 0 Å². The number of nitrogens with one attached hydrogen (secondary N) is 2. The van der Waals surface area contributed by atoms with E-state index in [0.717, 1.165) is 33.3 Å². The highest BCUT2D eigenvalue weighted by atomic mass is 35.5. The van der Waals surface area contributed by atoms with E-state index in [0.29, 0.717) is 18.5 Å². The summed E-state index contributed by atoms with van der Waals surface area (Å²) in [7, 11) is 0. The van der Waals surface area contributed by atoms with Gasteiger partial charge in [-0.3, -0.25) is 5.32 Å². The maximum atomic E-state index is 10.2. The summed E-state index contributed by atoms with van der Waals surface area (Å²) in [5.41, 5.74) is 11.2. The molecule has 2 heterocycles. The lowest BCUT2D eigenvalue weighted by molar-refractivity contribution is 0.152. The molecule has 7 heteroatoms. The van der Waals surface area contributed by atoms with E-state index in [1.807, 2.05) is 30.3 Å². The molecule has 2 unspecified atom stereocenters. The molecule has 1 aromatic heterocycles. The average Bonchev–Trinajstić information content (AvgIpc) is 3.19. The molecule has 0 bridgehead atoms. The fourth-order valence-electron chi connectivity index (χ4n) is 3.52. The van der Waals surface area contributed by atoms with Crippen LogP contribution in [-0.2, 0) is 6.54 Å². The zero-order valence-corrected chi connectivity index (χ0v) is 14.9. The topological polar surface area (TPSA) is 115 Å². The van der Waals surface area contributed by atoms with Crippen LogP contribution in [0, 0.1) is 0 Å². The lowest BCUT2D eigenvalue weighted by atomic mass is 9.99. The van der Waals surface area contributed by atoms with Crippen LogP contribution < -0.4 is 11.1 Å². The number of H-pyrrole nitrogens is 1. The number of benzene rings is 2. The third kappa shape index (κ3) is 3.06. The number of aromatic amines is 1. The summed E-state index contributed by atoms with van der Waals surface area (Å²) in [6.07, 6.45) is -0.274. The molecule has 138 valence electrons. The molecule has 0 spiro atoms. The highest BCUT2D eigenvalue weighted by Gasteiger charge is 2.26. The number of rotatable bonds is 4. The fourth-order valence-corrected chi connectivity index (χ4v) is 3.52. The van der Waals surface area contributed by atoms with E-state index in [9.17, 15) is 10.2 Å². The zero-order chi connectivity index (χ0) is 17.6. The van der Waals surface area contributed by atoms with E-state index in [2.05, 4.69) is 10.3 Å². The van der Waals surface area contributed by atoms with Crippen LogP contribution in [0.1, 0.15) is 35.4 Å². The first kappa shape index (κ1) is 18.7. The molecule has 0 saturated heterocycles. The van der Waals surface area contributed by atoms with Crippen LogP contribution >= 0.6 is 12.4 Å². The minimum absolute atomic E-state index is 0. The molecule has 0 saturated carbocycles. The molecule has 0 aliphatic carbocycles. The second kappa shape index (κ2) is 7.26. The van der Waals surface area contributed by atoms with Crippen LogP contribution in [0.25, 0.3) is 22.2 Å². The number of fused-ring (bicyclic) bond motifs is 2. The van der Waals surface area contributed by atoms with E-state index in [-0.39, 0.29) is 30.8 Å². The van der Waals surface area contributed by atoms with E-state index in [1.54, 1.807) is 6.07 Å². The molecule has 0 radical (unpaired) electrons. The molecule has 0 amide bonds. The van der Waals surface area contributed by atoms with Crippen LogP contribution in [0.5, 0.6) is 5.75 Å². The standard InChI is InChI=1S/C19H21N3O3.ClH/c20-14(5-6-23)10-1-3-15-11(7-10)8-16(22-15)12-2-4-17(24)13-9-21-19(25)18(12)13;/h1-4,7-8,14,19,21-25H,5-6,9,20H2;1H. The quantitative estimate of drug-likeness (QED) is 0.419. The Labute approximate surface area is 157 Å². The summed E-state index contributed by atoms with van der Waals surface area (Å²) in [4.78, 5) is 3.37. The predicted octanol–water partition coefficient (Wildman–Crippen LogP) is 2.44. The number of hydrogen-bond acceptors (Lipinski definition) is 5. The molecule has 2 atom stereocenters.